The van der Waals surface area contributed by atoms with E-state index in [4.69, 9.17) is 18.1 Å². The fourth-order valence-electron chi connectivity index (χ4n) is 6.36. The zero-order valence-corrected chi connectivity index (χ0v) is 24.7. The van der Waals surface area contributed by atoms with Gasteiger partial charge in [0, 0.05) is 16.3 Å². The summed E-state index contributed by atoms with van der Waals surface area (Å²) in [5.74, 6) is 0. The summed E-state index contributed by atoms with van der Waals surface area (Å²) in [4.78, 5) is 0. The van der Waals surface area contributed by atoms with Crippen LogP contribution in [0.2, 0.25) is 0 Å². The van der Waals surface area contributed by atoms with Gasteiger partial charge in [0.05, 0.1) is 23.3 Å². The minimum Gasteiger partial charge on any atom is -0.455 e. The highest BCUT2D eigenvalue weighted by Gasteiger charge is 2.18. The molecule has 8 aromatic carbocycles. The second kappa shape index (κ2) is 11.5. The molecule has 1 heterocycles. The van der Waals surface area contributed by atoms with Gasteiger partial charge in [0.1, 0.15) is 11.2 Å². The van der Waals surface area contributed by atoms with Crippen molar-refractivity contribution in [1.82, 2.24) is 0 Å². The fraction of sp³-hybridized carbons (Fsp3) is 0.0435. The van der Waals surface area contributed by atoms with Gasteiger partial charge in [-0.05, 0) is 79.4 Å². The first-order valence-corrected chi connectivity index (χ1v) is 15.0. The average Bonchev–Trinajstić information content (AvgIpc) is 3.69. The minimum atomic E-state index is -0.710. The Bertz CT molecular complexity index is 3420. The number of hydrogen-bond donors (Lipinski definition) is 0. The fourth-order valence-corrected chi connectivity index (χ4v) is 6.36. The highest BCUT2D eigenvalue weighted by Crippen LogP contribution is 2.41. The molecule has 9 aromatic rings. The molecule has 0 atom stereocenters. The first-order chi connectivity index (χ1) is 30.4. The predicted octanol–water partition coefficient (Wildman–Crippen LogP) is 12.4. The third-order valence-corrected chi connectivity index (χ3v) is 8.39. The highest BCUT2D eigenvalue weighted by atomic mass is 16.3. The maximum Gasteiger partial charge on any atom is 0.143 e. The van der Waals surface area contributed by atoms with Crippen molar-refractivity contribution >= 4 is 43.5 Å². The predicted molar refractivity (Wildman–Crippen MR) is 198 cm³/mol. The van der Waals surface area contributed by atoms with Crippen LogP contribution < -0.4 is 0 Å². The molecule has 0 amide bonds. The number of furan rings is 1. The molecule has 0 unspecified atom stereocenters. The van der Waals surface area contributed by atoms with E-state index in [9.17, 15) is 9.60 Å². The smallest absolute Gasteiger partial charge is 0.143 e. The van der Waals surface area contributed by atoms with Crippen molar-refractivity contribution in [2.75, 3.05) is 0 Å². The Morgan fingerprint density at radius 2 is 1.04 bits per heavy atom. The first kappa shape index (κ1) is 15.1. The van der Waals surface area contributed by atoms with Crippen LogP contribution in [0.15, 0.2) is 174 Å². The second-order valence-corrected chi connectivity index (χ2v) is 11.1. The van der Waals surface area contributed by atoms with Gasteiger partial charge in [-0.2, -0.15) is 0 Å². The van der Waals surface area contributed by atoms with E-state index in [-0.39, 0.29) is 55.4 Å². The van der Waals surface area contributed by atoms with E-state index in [0.29, 0.717) is 27.5 Å². The molecule has 222 valence electrons. The Balaban J connectivity index is 1.38. The van der Waals surface area contributed by atoms with Crippen molar-refractivity contribution < 1.29 is 27.7 Å². The van der Waals surface area contributed by atoms with Crippen molar-refractivity contribution in [1.29, 1.82) is 0 Å². The topological polar surface area (TPSA) is 13.1 Å². The monoisotopic (exact) mass is 617 g/mol. The molecule has 1 nitrogen and oxygen atoms in total. The summed E-state index contributed by atoms with van der Waals surface area (Å²) in [6.45, 7) is 0. The Morgan fingerprint density at radius 1 is 0.447 bits per heavy atom. The largest absolute Gasteiger partial charge is 0.455 e. The van der Waals surface area contributed by atoms with Gasteiger partial charge in [-0.1, -0.05) is 163 Å². The molecule has 0 fully saturated rings. The van der Waals surface area contributed by atoms with Crippen molar-refractivity contribution in [2.45, 2.75) is 12.8 Å². The molecular formula is C46H32O. The maximum absolute atomic E-state index is 9.73. The van der Waals surface area contributed by atoms with E-state index in [1.54, 1.807) is 18.2 Å². The highest BCUT2D eigenvalue weighted by molar-refractivity contribution is 6.15. The molecule has 0 aliphatic heterocycles. The standard InChI is InChI=1S/C46H32O/c1-3-14-31(15-4-1)29-42-37-20-7-9-22-39(37)43(40-23-10-8-21-38(40)42)30-32-16-11-19-34(28-32)35-24-13-27-44-45(35)41-26-12-25-36(46(41)47-44)33-17-5-2-6-18-33/h1-28H,29-30H2/i1D,3D,4D,7D,8D,9D,10D,11D,14D,15D,16D,19D,20D,21D,22D,23D,28D. The minimum absolute atomic E-state index is 0.0374. The summed E-state index contributed by atoms with van der Waals surface area (Å²) in [5, 5.41) is 0.198. The number of hydrogen-bond acceptors (Lipinski definition) is 1. The molecule has 0 aliphatic rings. The van der Waals surface area contributed by atoms with Gasteiger partial charge in [0.25, 0.3) is 0 Å². The Kier molecular flexibility index (Phi) is 3.69. The summed E-state index contributed by atoms with van der Waals surface area (Å²) in [6.07, 6.45) is -1.19. The number of fused-ring (bicyclic) bond motifs is 5. The first-order valence-electron chi connectivity index (χ1n) is 23.5. The number of rotatable bonds is 6. The van der Waals surface area contributed by atoms with Crippen molar-refractivity contribution in [3.8, 4) is 22.3 Å². The molecule has 0 bridgehead atoms. The van der Waals surface area contributed by atoms with Gasteiger partial charge < -0.3 is 4.42 Å². The molecular weight excluding hydrogens is 569 g/mol. The SMILES string of the molecule is [2H]c1c([2H])c([2H])c(Cc2c3c([2H])c([2H])c([2H])c([2H])c3c(Cc3c([2H])c([2H])c([2H])c(-c4cccc5oc6c(-c7ccccc7)cccc6c45)c3[2H])c3c([2H])c([2H])c([2H])c([2H])c23)c([2H])c1[2H]. The lowest BCUT2D eigenvalue weighted by atomic mass is 9.86. The van der Waals surface area contributed by atoms with Gasteiger partial charge in [0.2, 0.25) is 0 Å². The van der Waals surface area contributed by atoms with Gasteiger partial charge in [0.15, 0.2) is 0 Å². The van der Waals surface area contributed by atoms with Crippen molar-refractivity contribution in [3.05, 3.63) is 192 Å². The summed E-state index contributed by atoms with van der Waals surface area (Å²) >= 11 is 0. The van der Waals surface area contributed by atoms with Gasteiger partial charge in [-0.3, -0.25) is 0 Å². The number of para-hydroxylation sites is 1. The van der Waals surface area contributed by atoms with Crippen molar-refractivity contribution in [3.63, 3.8) is 0 Å². The van der Waals surface area contributed by atoms with Crippen LogP contribution in [-0.2, 0) is 12.8 Å². The summed E-state index contributed by atoms with van der Waals surface area (Å²) < 4.78 is 158. The zero-order valence-electron chi connectivity index (χ0n) is 41.7. The average molecular weight is 618 g/mol. The summed E-state index contributed by atoms with van der Waals surface area (Å²) in [5.41, 5.74) is 2.23. The van der Waals surface area contributed by atoms with E-state index in [2.05, 4.69) is 0 Å². The zero-order chi connectivity index (χ0) is 46.0. The van der Waals surface area contributed by atoms with Crippen LogP contribution in [0.1, 0.15) is 45.6 Å². The lowest BCUT2D eigenvalue weighted by Gasteiger charge is -2.18. The number of benzene rings is 8. The van der Waals surface area contributed by atoms with Crippen LogP contribution in [0.3, 0.4) is 0 Å². The van der Waals surface area contributed by atoms with Crippen LogP contribution in [0.5, 0.6) is 0 Å². The third kappa shape index (κ3) is 4.80. The molecule has 1 aromatic heterocycles. The Hall–Kier alpha value is -5.92. The molecule has 0 spiro atoms. The lowest BCUT2D eigenvalue weighted by molar-refractivity contribution is 0.670. The van der Waals surface area contributed by atoms with E-state index in [1.807, 2.05) is 48.5 Å². The van der Waals surface area contributed by atoms with Crippen LogP contribution in [0, 0.1) is 0 Å². The quantitative estimate of drug-likeness (QED) is 0.169. The van der Waals surface area contributed by atoms with E-state index < -0.39 is 110 Å². The van der Waals surface area contributed by atoms with Crippen LogP contribution in [0.25, 0.3) is 65.7 Å². The van der Waals surface area contributed by atoms with E-state index in [1.165, 1.54) is 0 Å². The van der Waals surface area contributed by atoms with E-state index >= 15 is 0 Å². The van der Waals surface area contributed by atoms with E-state index in [0.717, 1.165) is 11.1 Å². The Morgan fingerprint density at radius 3 is 1.74 bits per heavy atom. The normalized spacial score (nSPS) is 16.6. The maximum atomic E-state index is 9.73. The molecule has 0 aliphatic carbocycles. The molecule has 9 rings (SSSR count). The second-order valence-electron chi connectivity index (χ2n) is 11.1. The molecule has 47 heavy (non-hydrogen) atoms. The Labute approximate surface area is 298 Å². The van der Waals surface area contributed by atoms with Crippen molar-refractivity contribution in [2.24, 2.45) is 0 Å². The molecule has 0 saturated carbocycles. The molecule has 0 radical (unpaired) electrons. The summed E-state index contributed by atoms with van der Waals surface area (Å²) in [7, 11) is 0. The van der Waals surface area contributed by atoms with Crippen LogP contribution in [0.4, 0.5) is 0 Å². The van der Waals surface area contributed by atoms with Gasteiger partial charge >= 0.3 is 0 Å². The summed E-state index contributed by atoms with van der Waals surface area (Å²) in [6, 6.07) is 9.74. The van der Waals surface area contributed by atoms with Gasteiger partial charge in [-0.25, -0.2) is 0 Å². The van der Waals surface area contributed by atoms with Gasteiger partial charge in [-0.15, -0.1) is 0 Å². The third-order valence-electron chi connectivity index (χ3n) is 8.39. The lowest BCUT2D eigenvalue weighted by Crippen LogP contribution is -1.98. The van der Waals surface area contributed by atoms with Crippen LogP contribution in [-0.4, -0.2) is 0 Å². The molecule has 0 saturated heterocycles. The molecule has 1 heteroatoms. The van der Waals surface area contributed by atoms with Crippen LogP contribution >= 0.6 is 0 Å². The molecule has 0 N–H and O–H groups in total.